The zero-order valence-electron chi connectivity index (χ0n) is 14.6. The van der Waals surface area contributed by atoms with Gasteiger partial charge < -0.3 is 10.2 Å². The van der Waals surface area contributed by atoms with Crippen LogP contribution in [0.1, 0.15) is 25.0 Å². The maximum atomic E-state index is 13.0. The molecule has 0 fully saturated rings. The van der Waals surface area contributed by atoms with E-state index in [9.17, 15) is 14.0 Å². The molecule has 2 aromatic rings. The van der Waals surface area contributed by atoms with Crippen LogP contribution < -0.4 is 5.32 Å². The van der Waals surface area contributed by atoms with Crippen LogP contribution in [0.2, 0.25) is 0 Å². The number of hydrogen-bond donors (Lipinski definition) is 1. The maximum absolute atomic E-state index is 13.0. The first-order valence-electron chi connectivity index (χ1n) is 7.98. The number of pyridine rings is 1. The van der Waals surface area contributed by atoms with Crippen LogP contribution in [-0.4, -0.2) is 35.3 Å². The van der Waals surface area contributed by atoms with Crippen LogP contribution in [0, 0.1) is 5.82 Å². The number of nitrogens with one attached hydrogen (secondary N) is 1. The van der Waals surface area contributed by atoms with E-state index in [1.165, 1.54) is 17.0 Å². The third-order valence-corrected chi connectivity index (χ3v) is 4.10. The lowest BCUT2D eigenvalue weighted by Gasteiger charge is -2.25. The summed E-state index contributed by atoms with van der Waals surface area (Å²) in [7, 11) is 1.67. The second kappa shape index (κ2) is 7.88. The fourth-order valence-corrected chi connectivity index (χ4v) is 2.36. The third kappa shape index (κ3) is 4.86. The van der Waals surface area contributed by atoms with Crippen molar-refractivity contribution in [2.75, 3.05) is 13.6 Å². The van der Waals surface area contributed by atoms with Gasteiger partial charge in [0.2, 0.25) is 11.8 Å². The molecule has 0 unspecified atom stereocenters. The fraction of sp³-hybridized carbons (Fsp3) is 0.316. The van der Waals surface area contributed by atoms with Gasteiger partial charge >= 0.3 is 0 Å². The van der Waals surface area contributed by atoms with Crippen molar-refractivity contribution in [2.24, 2.45) is 0 Å². The van der Waals surface area contributed by atoms with Gasteiger partial charge in [0.1, 0.15) is 5.82 Å². The smallest absolute Gasteiger partial charge is 0.242 e. The minimum atomic E-state index is -0.865. The van der Waals surface area contributed by atoms with E-state index in [2.05, 4.69) is 10.3 Å². The number of hydrogen-bond acceptors (Lipinski definition) is 3. The van der Waals surface area contributed by atoms with E-state index < -0.39 is 5.41 Å². The zero-order valence-corrected chi connectivity index (χ0v) is 14.6. The van der Waals surface area contributed by atoms with Gasteiger partial charge in [-0.3, -0.25) is 14.6 Å². The molecule has 1 aromatic carbocycles. The second-order valence-corrected chi connectivity index (χ2v) is 6.43. The molecular weight excluding hydrogens is 321 g/mol. The lowest BCUT2D eigenvalue weighted by atomic mass is 9.83. The van der Waals surface area contributed by atoms with Crippen LogP contribution >= 0.6 is 0 Å². The summed E-state index contributed by atoms with van der Waals surface area (Å²) in [5.41, 5.74) is 0.731. The highest BCUT2D eigenvalue weighted by Crippen LogP contribution is 2.23. The number of benzene rings is 1. The molecule has 0 aliphatic carbocycles. The molecule has 0 saturated heterocycles. The molecule has 0 saturated carbocycles. The van der Waals surface area contributed by atoms with Crippen molar-refractivity contribution in [1.82, 2.24) is 15.2 Å². The first kappa shape index (κ1) is 18.6. The molecule has 1 aromatic heterocycles. The predicted octanol–water partition coefficient (Wildman–Crippen LogP) is 2.27. The summed E-state index contributed by atoms with van der Waals surface area (Å²) in [6.07, 6.45) is 3.36. The van der Waals surface area contributed by atoms with E-state index in [0.29, 0.717) is 12.1 Å². The summed E-state index contributed by atoms with van der Waals surface area (Å²) in [6.45, 7) is 3.79. The topological polar surface area (TPSA) is 62.3 Å². The van der Waals surface area contributed by atoms with Crippen molar-refractivity contribution >= 4 is 11.8 Å². The highest BCUT2D eigenvalue weighted by atomic mass is 19.1. The Balaban J connectivity index is 1.91. The SMILES string of the molecule is CN(Cc1cccnc1)C(=O)CNC(=O)C(C)(C)c1ccc(F)cc1. The van der Waals surface area contributed by atoms with Gasteiger partial charge in [0.15, 0.2) is 0 Å². The average Bonchev–Trinajstić information content (AvgIpc) is 2.60. The Hall–Kier alpha value is -2.76. The summed E-state index contributed by atoms with van der Waals surface area (Å²) < 4.78 is 13.0. The van der Waals surface area contributed by atoms with E-state index >= 15 is 0 Å². The Bertz CT molecular complexity index is 730. The van der Waals surface area contributed by atoms with E-state index in [1.807, 2.05) is 6.07 Å². The minimum Gasteiger partial charge on any atom is -0.346 e. The maximum Gasteiger partial charge on any atom is 0.242 e. The minimum absolute atomic E-state index is 0.0970. The molecule has 0 bridgehead atoms. The van der Waals surface area contributed by atoms with Gasteiger partial charge in [0.05, 0.1) is 12.0 Å². The first-order valence-corrected chi connectivity index (χ1v) is 7.98. The van der Waals surface area contributed by atoms with Gasteiger partial charge in [0, 0.05) is 26.0 Å². The lowest BCUT2D eigenvalue weighted by Crippen LogP contribution is -2.45. The molecule has 2 amide bonds. The Morgan fingerprint density at radius 2 is 1.88 bits per heavy atom. The molecule has 0 spiro atoms. The van der Waals surface area contributed by atoms with Gasteiger partial charge in [-0.2, -0.15) is 0 Å². The average molecular weight is 343 g/mol. The monoisotopic (exact) mass is 343 g/mol. The molecule has 1 N–H and O–H groups in total. The first-order chi connectivity index (χ1) is 11.8. The van der Waals surface area contributed by atoms with Crippen LogP contribution in [0.3, 0.4) is 0 Å². The molecule has 2 rings (SSSR count). The number of carbonyl (C=O) groups excluding carboxylic acids is 2. The van der Waals surface area contributed by atoms with Crippen LogP contribution in [0.5, 0.6) is 0 Å². The molecule has 0 aliphatic rings. The van der Waals surface area contributed by atoms with Crippen molar-refractivity contribution in [3.63, 3.8) is 0 Å². The predicted molar refractivity (Wildman–Crippen MR) is 93.1 cm³/mol. The second-order valence-electron chi connectivity index (χ2n) is 6.43. The van der Waals surface area contributed by atoms with E-state index in [1.54, 1.807) is 51.5 Å². The standard InChI is InChI=1S/C19H22FN3O2/c1-19(2,15-6-8-16(20)9-7-15)18(25)22-12-17(24)23(3)13-14-5-4-10-21-11-14/h4-11H,12-13H2,1-3H3,(H,22,25). The zero-order chi connectivity index (χ0) is 18.4. The quantitative estimate of drug-likeness (QED) is 0.875. The van der Waals surface area contributed by atoms with Gasteiger partial charge in [-0.15, -0.1) is 0 Å². The van der Waals surface area contributed by atoms with Crippen molar-refractivity contribution in [1.29, 1.82) is 0 Å². The molecule has 6 heteroatoms. The van der Waals surface area contributed by atoms with Crippen molar-refractivity contribution < 1.29 is 14.0 Å². The van der Waals surface area contributed by atoms with E-state index in [4.69, 9.17) is 0 Å². The summed E-state index contributed by atoms with van der Waals surface area (Å²) in [5, 5.41) is 2.66. The third-order valence-electron chi connectivity index (χ3n) is 4.10. The van der Waals surface area contributed by atoms with E-state index in [0.717, 1.165) is 5.56 Å². The number of nitrogens with zero attached hydrogens (tertiary/aromatic N) is 2. The summed E-state index contributed by atoms with van der Waals surface area (Å²) in [4.78, 5) is 30.2. The molecule has 1 heterocycles. The van der Waals surface area contributed by atoms with Gasteiger partial charge in [0.25, 0.3) is 0 Å². The molecule has 0 atom stereocenters. The van der Waals surface area contributed by atoms with Crippen LogP contribution in [0.25, 0.3) is 0 Å². The van der Waals surface area contributed by atoms with Gasteiger partial charge in [-0.25, -0.2) is 4.39 Å². The number of rotatable bonds is 6. The number of aromatic nitrogens is 1. The highest BCUT2D eigenvalue weighted by Gasteiger charge is 2.30. The van der Waals surface area contributed by atoms with Crippen LogP contribution in [-0.2, 0) is 21.5 Å². The number of halogens is 1. The molecule has 5 nitrogen and oxygen atoms in total. The highest BCUT2D eigenvalue weighted by molar-refractivity contribution is 5.90. The van der Waals surface area contributed by atoms with Crippen LogP contribution in [0.15, 0.2) is 48.8 Å². The normalized spacial score (nSPS) is 11.0. The Morgan fingerprint density at radius 3 is 2.48 bits per heavy atom. The van der Waals surface area contributed by atoms with Gasteiger partial charge in [-0.05, 0) is 43.2 Å². The molecule has 132 valence electrons. The summed E-state index contributed by atoms with van der Waals surface area (Å²) in [6, 6.07) is 9.47. The summed E-state index contributed by atoms with van der Waals surface area (Å²) in [5.74, 6) is -0.846. The van der Waals surface area contributed by atoms with Gasteiger partial charge in [-0.1, -0.05) is 18.2 Å². The fourth-order valence-electron chi connectivity index (χ4n) is 2.36. The number of amides is 2. The lowest BCUT2D eigenvalue weighted by molar-refractivity contribution is -0.133. The molecule has 0 radical (unpaired) electrons. The Morgan fingerprint density at radius 1 is 1.20 bits per heavy atom. The number of likely N-dealkylation sites (N-methyl/N-ethyl adjacent to an activating group) is 1. The largest absolute Gasteiger partial charge is 0.346 e. The van der Waals surface area contributed by atoms with Crippen molar-refractivity contribution in [3.8, 4) is 0 Å². The number of carbonyl (C=O) groups is 2. The summed E-state index contributed by atoms with van der Waals surface area (Å²) >= 11 is 0. The van der Waals surface area contributed by atoms with Crippen molar-refractivity contribution in [2.45, 2.75) is 25.8 Å². The van der Waals surface area contributed by atoms with E-state index in [-0.39, 0.29) is 24.2 Å². The van der Waals surface area contributed by atoms with Crippen LogP contribution in [0.4, 0.5) is 4.39 Å². The molecule has 0 aliphatic heterocycles. The van der Waals surface area contributed by atoms with Crippen molar-refractivity contribution in [3.05, 3.63) is 65.7 Å². The molecular formula is C19H22FN3O2. The Labute approximate surface area is 146 Å². The Kier molecular flexibility index (Phi) is 5.85. The molecule has 25 heavy (non-hydrogen) atoms.